The number of primary amides is 1. The molecule has 0 bridgehead atoms. The smallest absolute Gasteiger partial charge is 0.250 e. The maximum Gasteiger partial charge on any atom is 0.250 e. The summed E-state index contributed by atoms with van der Waals surface area (Å²) in [5.74, 6) is 0.138. The van der Waals surface area contributed by atoms with Crippen LogP contribution >= 0.6 is 0 Å². The van der Waals surface area contributed by atoms with E-state index in [2.05, 4.69) is 17.5 Å². The highest BCUT2D eigenvalue weighted by Gasteiger charge is 2.16. The molecule has 1 atom stereocenters. The number of carbonyl (C=O) groups is 2. The third kappa shape index (κ3) is 4.08. The van der Waals surface area contributed by atoms with Crippen molar-refractivity contribution in [2.24, 2.45) is 11.7 Å². The first-order valence-electron chi connectivity index (χ1n) is 7.13. The summed E-state index contributed by atoms with van der Waals surface area (Å²) in [7, 11) is 0. The van der Waals surface area contributed by atoms with Gasteiger partial charge in [0, 0.05) is 6.42 Å². The van der Waals surface area contributed by atoms with E-state index in [9.17, 15) is 9.59 Å². The van der Waals surface area contributed by atoms with Crippen LogP contribution in [-0.4, -0.2) is 18.4 Å². The molecule has 1 aliphatic carbocycles. The molecule has 0 aliphatic heterocycles. The second-order valence-electron chi connectivity index (χ2n) is 5.02. The van der Waals surface area contributed by atoms with Crippen molar-refractivity contribution in [2.45, 2.75) is 26.2 Å². The molecule has 1 aromatic carbocycles. The number of nitrogens with one attached hydrogen (secondary N) is 1. The summed E-state index contributed by atoms with van der Waals surface area (Å²) in [6.45, 7) is 2.35. The summed E-state index contributed by atoms with van der Waals surface area (Å²) in [6.07, 6.45) is 6.59. The van der Waals surface area contributed by atoms with Gasteiger partial charge in [-0.15, -0.1) is 0 Å². The van der Waals surface area contributed by atoms with Gasteiger partial charge in [0.25, 0.3) is 5.91 Å². The van der Waals surface area contributed by atoms with Crippen molar-refractivity contribution >= 4 is 17.5 Å². The summed E-state index contributed by atoms with van der Waals surface area (Å²) in [4.78, 5) is 23.5. The Morgan fingerprint density at radius 2 is 2.24 bits per heavy atom. The van der Waals surface area contributed by atoms with Gasteiger partial charge in [0.15, 0.2) is 0 Å². The van der Waals surface area contributed by atoms with Crippen molar-refractivity contribution in [3.8, 4) is 5.75 Å². The molecule has 0 spiro atoms. The number of nitrogens with two attached hydrogens (primary N) is 1. The second kappa shape index (κ2) is 6.92. The van der Waals surface area contributed by atoms with Gasteiger partial charge in [-0.05, 0) is 43.9 Å². The highest BCUT2D eigenvalue weighted by Crippen LogP contribution is 2.24. The van der Waals surface area contributed by atoms with Crippen LogP contribution in [0, 0.1) is 5.92 Å². The molecule has 5 nitrogen and oxygen atoms in total. The molecule has 0 saturated carbocycles. The van der Waals surface area contributed by atoms with Crippen LogP contribution in [0.2, 0.25) is 0 Å². The lowest BCUT2D eigenvalue weighted by Gasteiger charge is -2.12. The average Bonchev–Trinajstić information content (AvgIpc) is 2.93. The van der Waals surface area contributed by atoms with E-state index in [0.29, 0.717) is 24.5 Å². The number of ether oxygens (including phenoxy) is 1. The van der Waals surface area contributed by atoms with Crippen molar-refractivity contribution in [3.63, 3.8) is 0 Å². The molecule has 1 aliphatic rings. The standard InChI is InChI=1S/C16H20N2O3/c1-2-21-12-7-8-14(13(10-12)16(17)20)18-15(19)9-11-5-3-4-6-11/h3,5,7-8,10-11H,2,4,6,9H2,1H3,(H2,17,20)(H,18,19)/t11-/m0/s1. The average molecular weight is 288 g/mol. The van der Waals surface area contributed by atoms with Gasteiger partial charge >= 0.3 is 0 Å². The molecule has 21 heavy (non-hydrogen) atoms. The molecule has 2 rings (SSSR count). The van der Waals surface area contributed by atoms with E-state index in [-0.39, 0.29) is 17.4 Å². The first-order chi connectivity index (χ1) is 10.1. The maximum atomic E-state index is 12.0. The predicted octanol–water partition coefficient (Wildman–Crippen LogP) is 2.48. The molecule has 1 aromatic rings. The van der Waals surface area contributed by atoms with Crippen LogP contribution in [0.1, 0.15) is 36.5 Å². The lowest BCUT2D eigenvalue weighted by atomic mass is 10.0. The molecule has 0 aromatic heterocycles. The number of allylic oxidation sites excluding steroid dienone is 2. The van der Waals surface area contributed by atoms with E-state index in [1.54, 1.807) is 18.2 Å². The van der Waals surface area contributed by atoms with Crippen LogP contribution in [0.15, 0.2) is 30.4 Å². The van der Waals surface area contributed by atoms with E-state index >= 15 is 0 Å². The minimum Gasteiger partial charge on any atom is -0.494 e. The fourth-order valence-electron chi connectivity index (χ4n) is 2.40. The number of carbonyl (C=O) groups excluding carboxylic acids is 2. The zero-order valence-corrected chi connectivity index (χ0v) is 12.1. The Morgan fingerprint density at radius 1 is 1.43 bits per heavy atom. The van der Waals surface area contributed by atoms with Crippen LogP contribution in [0.3, 0.4) is 0 Å². The van der Waals surface area contributed by atoms with Crippen LogP contribution in [-0.2, 0) is 4.79 Å². The van der Waals surface area contributed by atoms with Crippen LogP contribution in [0.4, 0.5) is 5.69 Å². The number of hydrogen-bond acceptors (Lipinski definition) is 3. The Kier molecular flexibility index (Phi) is 4.98. The van der Waals surface area contributed by atoms with E-state index in [1.807, 2.05) is 6.92 Å². The predicted molar refractivity (Wildman–Crippen MR) is 81.2 cm³/mol. The number of benzene rings is 1. The number of hydrogen-bond donors (Lipinski definition) is 2. The van der Waals surface area contributed by atoms with Crippen LogP contribution < -0.4 is 15.8 Å². The summed E-state index contributed by atoms with van der Waals surface area (Å²) >= 11 is 0. The SMILES string of the molecule is CCOc1ccc(NC(=O)C[C@H]2C=CCC2)c(C(N)=O)c1. The summed E-state index contributed by atoms with van der Waals surface area (Å²) in [5, 5.41) is 2.76. The van der Waals surface area contributed by atoms with Crippen molar-refractivity contribution in [1.82, 2.24) is 0 Å². The lowest BCUT2D eigenvalue weighted by molar-refractivity contribution is -0.116. The summed E-state index contributed by atoms with van der Waals surface area (Å²) < 4.78 is 5.33. The molecule has 2 amide bonds. The first-order valence-corrected chi connectivity index (χ1v) is 7.13. The molecule has 0 unspecified atom stereocenters. The number of amides is 2. The van der Waals surface area contributed by atoms with Crippen molar-refractivity contribution in [1.29, 1.82) is 0 Å². The topological polar surface area (TPSA) is 81.4 Å². The largest absolute Gasteiger partial charge is 0.494 e. The van der Waals surface area contributed by atoms with Crippen molar-refractivity contribution in [3.05, 3.63) is 35.9 Å². The summed E-state index contributed by atoms with van der Waals surface area (Å²) in [5.41, 5.74) is 6.05. The van der Waals surface area contributed by atoms with Gasteiger partial charge in [0.2, 0.25) is 5.91 Å². The Morgan fingerprint density at radius 3 is 2.86 bits per heavy atom. The van der Waals surface area contributed by atoms with E-state index in [0.717, 1.165) is 12.8 Å². The number of rotatable bonds is 6. The normalized spacial score (nSPS) is 16.7. The molecule has 112 valence electrons. The molecule has 3 N–H and O–H groups in total. The van der Waals surface area contributed by atoms with Crippen molar-refractivity contribution < 1.29 is 14.3 Å². The molecule has 0 fully saturated rings. The molecule has 5 heteroatoms. The van der Waals surface area contributed by atoms with Gasteiger partial charge in [-0.3, -0.25) is 9.59 Å². The fourth-order valence-corrected chi connectivity index (χ4v) is 2.40. The second-order valence-corrected chi connectivity index (χ2v) is 5.02. The highest BCUT2D eigenvalue weighted by molar-refractivity contribution is 6.03. The Balaban J connectivity index is 2.09. The molecule has 0 saturated heterocycles. The summed E-state index contributed by atoms with van der Waals surface area (Å²) in [6, 6.07) is 4.91. The van der Waals surface area contributed by atoms with Gasteiger partial charge in [-0.2, -0.15) is 0 Å². The van der Waals surface area contributed by atoms with Gasteiger partial charge in [0.05, 0.1) is 17.9 Å². The van der Waals surface area contributed by atoms with Crippen LogP contribution in [0.25, 0.3) is 0 Å². The van der Waals surface area contributed by atoms with Crippen molar-refractivity contribution in [2.75, 3.05) is 11.9 Å². The van der Waals surface area contributed by atoms with E-state index in [4.69, 9.17) is 10.5 Å². The third-order valence-electron chi connectivity index (χ3n) is 3.40. The van der Waals surface area contributed by atoms with E-state index in [1.165, 1.54) is 0 Å². The quantitative estimate of drug-likeness (QED) is 0.789. The van der Waals surface area contributed by atoms with Gasteiger partial charge in [0.1, 0.15) is 5.75 Å². The number of anilines is 1. The Labute approximate surface area is 124 Å². The zero-order chi connectivity index (χ0) is 15.2. The molecule has 0 radical (unpaired) electrons. The van der Waals surface area contributed by atoms with Crippen LogP contribution in [0.5, 0.6) is 5.75 Å². The maximum absolute atomic E-state index is 12.0. The Bertz CT molecular complexity index is 567. The third-order valence-corrected chi connectivity index (χ3v) is 3.40. The lowest BCUT2D eigenvalue weighted by Crippen LogP contribution is -2.19. The molecule has 0 heterocycles. The van der Waals surface area contributed by atoms with Gasteiger partial charge in [-0.25, -0.2) is 0 Å². The first kappa shape index (κ1) is 15.1. The molecular weight excluding hydrogens is 268 g/mol. The van der Waals surface area contributed by atoms with Gasteiger partial charge < -0.3 is 15.8 Å². The fraction of sp³-hybridized carbons (Fsp3) is 0.375. The zero-order valence-electron chi connectivity index (χ0n) is 12.1. The highest BCUT2D eigenvalue weighted by atomic mass is 16.5. The minimum absolute atomic E-state index is 0.113. The van der Waals surface area contributed by atoms with E-state index < -0.39 is 5.91 Å². The monoisotopic (exact) mass is 288 g/mol. The molecular formula is C16H20N2O3. The Hall–Kier alpha value is -2.30. The minimum atomic E-state index is -0.590. The van der Waals surface area contributed by atoms with Gasteiger partial charge in [-0.1, -0.05) is 12.2 Å².